The van der Waals surface area contributed by atoms with Crippen LogP contribution >= 0.6 is 8.18 Å². The fourth-order valence-corrected chi connectivity index (χ4v) is 4.62. The van der Waals surface area contributed by atoms with Gasteiger partial charge >= 0.3 is 11.7 Å². The Morgan fingerprint density at radius 1 is 1.33 bits per heavy atom. The van der Waals surface area contributed by atoms with Gasteiger partial charge in [0.05, 0.1) is 13.2 Å². The number of rotatable bonds is 13. The molecule has 1 saturated heterocycles. The first kappa shape index (κ1) is 30.1. The summed E-state index contributed by atoms with van der Waals surface area (Å²) >= 11 is 0. The predicted molar refractivity (Wildman–Crippen MR) is 135 cm³/mol. The van der Waals surface area contributed by atoms with Crippen molar-refractivity contribution in [3.63, 3.8) is 0 Å². The topological polar surface area (TPSA) is 218 Å². The first-order valence-electron chi connectivity index (χ1n) is 11.9. The molecule has 6 atom stereocenters. The zero-order valence-electron chi connectivity index (χ0n) is 21.1. The van der Waals surface area contributed by atoms with Crippen LogP contribution in [0.2, 0.25) is 0 Å². The molecule has 1 fully saturated rings. The SMILES string of the molecule is CCCCOC(=O)C(C)N(Oc1ccccc1)[PH](=O)OC[C@@]1(N=[N+]=[N-])O[C@@H](n2ccc(=O)[nH]c2=O)[C@H](O)[C@@H]1O. The van der Waals surface area contributed by atoms with Crippen LogP contribution in [-0.2, 0) is 23.4 Å². The van der Waals surface area contributed by atoms with Gasteiger partial charge in [-0.1, -0.05) is 41.5 Å². The summed E-state index contributed by atoms with van der Waals surface area (Å²) in [5, 5.41) is 24.7. The summed E-state index contributed by atoms with van der Waals surface area (Å²) in [4.78, 5) is 47.2. The summed E-state index contributed by atoms with van der Waals surface area (Å²) in [5.74, 6) is -0.515. The number of aromatic nitrogens is 2. The number of esters is 1. The average molecular weight is 568 g/mol. The number of hydrogen-bond donors (Lipinski definition) is 3. The van der Waals surface area contributed by atoms with Crippen molar-refractivity contribution in [1.82, 2.24) is 14.4 Å². The van der Waals surface area contributed by atoms with Gasteiger partial charge in [0.2, 0.25) is 5.72 Å². The Hall–Kier alpha value is -3.49. The van der Waals surface area contributed by atoms with Crippen molar-refractivity contribution in [2.45, 2.75) is 56.9 Å². The van der Waals surface area contributed by atoms with Crippen molar-refractivity contribution in [2.75, 3.05) is 13.2 Å². The number of ether oxygens (including phenoxy) is 2. The Balaban J connectivity index is 1.83. The molecule has 16 nitrogen and oxygen atoms in total. The van der Waals surface area contributed by atoms with E-state index in [4.69, 9.17) is 24.4 Å². The number of carbonyl (C=O) groups excluding carboxylic acids is 1. The molecule has 1 aliphatic rings. The average Bonchev–Trinajstić information content (AvgIpc) is 3.16. The van der Waals surface area contributed by atoms with Gasteiger partial charge in [0.1, 0.15) is 24.0 Å². The number of carbonyl (C=O) groups is 1. The zero-order chi connectivity index (χ0) is 28.6. The third-order valence-corrected chi connectivity index (χ3v) is 6.94. The molecular formula is C22H29N6O10P. The van der Waals surface area contributed by atoms with Crippen LogP contribution in [0.3, 0.4) is 0 Å². The third-order valence-electron chi connectivity index (χ3n) is 5.71. The normalized spacial score (nSPS) is 24.1. The first-order chi connectivity index (χ1) is 18.6. The van der Waals surface area contributed by atoms with E-state index in [0.29, 0.717) is 6.42 Å². The maximum absolute atomic E-state index is 13.3. The number of aliphatic hydroxyl groups is 2. The minimum atomic E-state index is -3.49. The summed E-state index contributed by atoms with van der Waals surface area (Å²) in [5.41, 5.74) is 5.09. The number of aromatic amines is 1. The second kappa shape index (κ2) is 13.5. The Bertz CT molecular complexity index is 1320. The van der Waals surface area contributed by atoms with Gasteiger partial charge in [-0.2, -0.15) is 0 Å². The maximum Gasteiger partial charge on any atom is 0.330 e. The standard InChI is InChI=1S/C22H29N6O10P/c1-3-4-12-35-20(32)14(2)28(38-15-8-6-5-7-9-15)39(34)36-13-22(25-26-23)18(31)17(30)19(37-22)27-11-10-16(29)24-21(27)33/h5-11,14,17-19,30-31,39H,3-4,12-13H2,1-2H3,(H,24,29,33)/t14?,17-,18+,19-,22-/m1/s1. The lowest BCUT2D eigenvalue weighted by molar-refractivity contribution is -0.155. The molecule has 0 spiro atoms. The van der Waals surface area contributed by atoms with E-state index in [-0.39, 0.29) is 12.4 Å². The molecule has 212 valence electrons. The molecule has 1 aromatic heterocycles. The van der Waals surface area contributed by atoms with Gasteiger partial charge in [-0.15, -0.1) is 0 Å². The van der Waals surface area contributed by atoms with Crippen molar-refractivity contribution in [1.29, 1.82) is 0 Å². The molecule has 2 unspecified atom stereocenters. The zero-order valence-corrected chi connectivity index (χ0v) is 22.1. The molecule has 0 aliphatic carbocycles. The van der Waals surface area contributed by atoms with Crippen LogP contribution < -0.4 is 16.1 Å². The Morgan fingerprint density at radius 2 is 2.05 bits per heavy atom. The molecule has 2 heterocycles. The minimum absolute atomic E-state index is 0.143. The highest BCUT2D eigenvalue weighted by atomic mass is 31.1. The maximum atomic E-state index is 13.3. The molecule has 3 rings (SSSR count). The monoisotopic (exact) mass is 568 g/mol. The highest BCUT2D eigenvalue weighted by Gasteiger charge is 2.56. The molecule has 39 heavy (non-hydrogen) atoms. The summed E-state index contributed by atoms with van der Waals surface area (Å²) in [7, 11) is -3.49. The first-order valence-corrected chi connectivity index (χ1v) is 13.2. The van der Waals surface area contributed by atoms with E-state index < -0.39 is 62.2 Å². The van der Waals surface area contributed by atoms with Crippen LogP contribution in [0, 0.1) is 0 Å². The smallest absolute Gasteiger partial charge is 0.330 e. The lowest BCUT2D eigenvalue weighted by atomic mass is 10.1. The number of unbranched alkanes of at least 4 members (excludes halogenated alkanes) is 1. The van der Waals surface area contributed by atoms with Crippen LogP contribution in [0.1, 0.15) is 32.9 Å². The van der Waals surface area contributed by atoms with Gasteiger partial charge in [-0.3, -0.25) is 23.7 Å². The van der Waals surface area contributed by atoms with Crippen LogP contribution in [0.15, 0.2) is 57.3 Å². The number of para-hydroxylation sites is 1. The second-order valence-corrected chi connectivity index (χ2v) is 9.74. The number of nitrogens with zero attached hydrogens (tertiary/aromatic N) is 5. The Kier molecular flexibility index (Phi) is 10.4. The van der Waals surface area contributed by atoms with Crippen molar-refractivity contribution in [2.24, 2.45) is 5.11 Å². The van der Waals surface area contributed by atoms with E-state index >= 15 is 0 Å². The van der Waals surface area contributed by atoms with E-state index in [2.05, 4.69) is 10.0 Å². The van der Waals surface area contributed by atoms with Crippen LogP contribution in [-0.4, -0.2) is 67.8 Å². The van der Waals surface area contributed by atoms with Gasteiger partial charge in [-0.05, 0) is 31.0 Å². The summed E-state index contributed by atoms with van der Waals surface area (Å²) < 4.78 is 30.2. The van der Waals surface area contributed by atoms with Crippen molar-refractivity contribution in [3.8, 4) is 5.75 Å². The number of nitrogens with one attached hydrogen (secondary N) is 1. The molecule has 17 heteroatoms. The van der Waals surface area contributed by atoms with Crippen molar-refractivity contribution >= 4 is 14.1 Å². The van der Waals surface area contributed by atoms with Crippen molar-refractivity contribution in [3.05, 3.63) is 73.9 Å². The molecule has 1 aliphatic heterocycles. The minimum Gasteiger partial charge on any atom is -0.464 e. The molecule has 0 radical (unpaired) electrons. The number of hydrogen-bond acceptors (Lipinski definition) is 11. The summed E-state index contributed by atoms with van der Waals surface area (Å²) in [6.45, 7) is 2.57. The molecule has 0 saturated carbocycles. The van der Waals surface area contributed by atoms with E-state index in [1.807, 2.05) is 11.9 Å². The van der Waals surface area contributed by atoms with E-state index in [1.165, 1.54) is 6.92 Å². The summed E-state index contributed by atoms with van der Waals surface area (Å²) in [6.07, 6.45) is -2.96. The highest BCUT2D eigenvalue weighted by molar-refractivity contribution is 7.36. The van der Waals surface area contributed by atoms with Gasteiger partial charge in [0, 0.05) is 17.2 Å². The molecular weight excluding hydrogens is 539 g/mol. The van der Waals surface area contributed by atoms with E-state index in [9.17, 15) is 29.2 Å². The number of H-pyrrole nitrogens is 1. The van der Waals surface area contributed by atoms with Crippen molar-refractivity contribution < 1.29 is 38.4 Å². The molecule has 3 N–H and O–H groups in total. The van der Waals surface area contributed by atoms with Gasteiger partial charge in [0.25, 0.3) is 13.7 Å². The molecule has 0 amide bonds. The van der Waals surface area contributed by atoms with Gasteiger partial charge in [0.15, 0.2) is 6.23 Å². The molecule has 1 aromatic carbocycles. The van der Waals surface area contributed by atoms with Gasteiger partial charge < -0.3 is 29.0 Å². The Morgan fingerprint density at radius 3 is 2.69 bits per heavy atom. The predicted octanol–water partition coefficient (Wildman–Crippen LogP) is 1.23. The molecule has 2 aromatic rings. The van der Waals surface area contributed by atoms with Crippen LogP contribution in [0.25, 0.3) is 10.4 Å². The lowest BCUT2D eigenvalue weighted by Gasteiger charge is -2.29. The van der Waals surface area contributed by atoms with Gasteiger partial charge in [-0.25, -0.2) is 4.79 Å². The third kappa shape index (κ3) is 7.13. The number of aliphatic hydroxyl groups excluding tert-OH is 2. The Labute approximate surface area is 222 Å². The van der Waals surface area contributed by atoms with E-state index in [0.717, 1.165) is 28.1 Å². The molecule has 0 bridgehead atoms. The number of azide groups is 1. The number of hydroxylamine groups is 1. The van der Waals surface area contributed by atoms with E-state index in [1.54, 1.807) is 30.3 Å². The fraction of sp³-hybridized carbons (Fsp3) is 0.500. The van der Waals surface area contributed by atoms with Crippen LogP contribution in [0.4, 0.5) is 0 Å². The fourth-order valence-electron chi connectivity index (χ4n) is 3.56. The number of benzene rings is 1. The summed E-state index contributed by atoms with van der Waals surface area (Å²) in [6, 6.07) is 7.88. The lowest BCUT2D eigenvalue weighted by Crippen LogP contribution is -2.45. The quantitative estimate of drug-likeness (QED) is 0.0593. The largest absolute Gasteiger partial charge is 0.464 e. The second-order valence-electron chi connectivity index (χ2n) is 8.48. The van der Waals surface area contributed by atoms with Crippen LogP contribution in [0.5, 0.6) is 5.75 Å². The highest BCUT2D eigenvalue weighted by Crippen LogP contribution is 2.41.